The molecule has 0 saturated heterocycles. The molecule has 106 valence electrons. The Morgan fingerprint density at radius 2 is 1.85 bits per heavy atom. The van der Waals surface area contributed by atoms with Crippen molar-refractivity contribution in [3.8, 4) is 5.75 Å². The number of halogens is 1. The van der Waals surface area contributed by atoms with Crippen LogP contribution in [0.15, 0.2) is 36.4 Å². The van der Waals surface area contributed by atoms with E-state index >= 15 is 0 Å². The minimum Gasteiger partial charge on any atom is -0.489 e. The number of hydrogen-bond donors (Lipinski definition) is 1. The van der Waals surface area contributed by atoms with E-state index in [2.05, 4.69) is 25.2 Å². The van der Waals surface area contributed by atoms with Crippen molar-refractivity contribution in [3.63, 3.8) is 0 Å². The Morgan fingerprint density at radius 3 is 2.50 bits per heavy atom. The highest BCUT2D eigenvalue weighted by Crippen LogP contribution is 2.44. The summed E-state index contributed by atoms with van der Waals surface area (Å²) in [5, 5.41) is 6.26. The monoisotopic (exact) mass is 289 g/mol. The van der Waals surface area contributed by atoms with Crippen LogP contribution in [0, 0.1) is 5.41 Å². The van der Waals surface area contributed by atoms with Gasteiger partial charge >= 0.3 is 0 Å². The van der Waals surface area contributed by atoms with Crippen LogP contribution in [0.25, 0.3) is 10.8 Å². The summed E-state index contributed by atoms with van der Waals surface area (Å²) in [4.78, 5) is 0. The van der Waals surface area contributed by atoms with E-state index in [0.29, 0.717) is 6.04 Å². The van der Waals surface area contributed by atoms with Crippen LogP contribution in [0.4, 0.5) is 0 Å². The lowest BCUT2D eigenvalue weighted by molar-refractivity contribution is -0.0512. The SMILES string of the molecule is CNC1CC(Oc2ccc(Cl)c3ccccc23)C1(C)C. The predicted octanol–water partition coefficient (Wildman–Crippen LogP) is 4.26. The van der Waals surface area contributed by atoms with Gasteiger partial charge in [-0.2, -0.15) is 0 Å². The third kappa shape index (κ3) is 2.07. The first-order valence-electron chi connectivity index (χ1n) is 7.05. The molecule has 0 spiro atoms. The van der Waals surface area contributed by atoms with E-state index in [9.17, 15) is 0 Å². The molecule has 0 aromatic heterocycles. The molecule has 1 fully saturated rings. The first-order chi connectivity index (χ1) is 9.54. The quantitative estimate of drug-likeness (QED) is 0.912. The highest BCUT2D eigenvalue weighted by molar-refractivity contribution is 6.35. The fraction of sp³-hybridized carbons (Fsp3) is 0.412. The summed E-state index contributed by atoms with van der Waals surface area (Å²) in [6.45, 7) is 4.50. The molecule has 0 amide bonds. The van der Waals surface area contributed by atoms with Gasteiger partial charge in [0.2, 0.25) is 0 Å². The van der Waals surface area contributed by atoms with Gasteiger partial charge < -0.3 is 10.1 Å². The van der Waals surface area contributed by atoms with Gasteiger partial charge in [0, 0.05) is 33.7 Å². The molecule has 2 atom stereocenters. The number of fused-ring (bicyclic) bond motifs is 1. The molecule has 2 nitrogen and oxygen atoms in total. The zero-order chi connectivity index (χ0) is 14.3. The Hall–Kier alpha value is -1.25. The van der Waals surface area contributed by atoms with Crippen molar-refractivity contribution in [3.05, 3.63) is 41.4 Å². The zero-order valence-corrected chi connectivity index (χ0v) is 12.9. The maximum atomic E-state index is 6.27. The number of benzene rings is 2. The van der Waals surface area contributed by atoms with Crippen molar-refractivity contribution in [1.82, 2.24) is 5.32 Å². The minimum absolute atomic E-state index is 0.148. The van der Waals surface area contributed by atoms with E-state index in [1.54, 1.807) is 0 Å². The molecule has 1 aliphatic rings. The van der Waals surface area contributed by atoms with E-state index in [-0.39, 0.29) is 11.5 Å². The van der Waals surface area contributed by atoms with Crippen molar-refractivity contribution >= 4 is 22.4 Å². The topological polar surface area (TPSA) is 21.3 Å². The fourth-order valence-corrected chi connectivity index (χ4v) is 3.29. The predicted molar refractivity (Wildman–Crippen MR) is 84.6 cm³/mol. The zero-order valence-electron chi connectivity index (χ0n) is 12.1. The van der Waals surface area contributed by atoms with Crippen LogP contribution in [-0.2, 0) is 0 Å². The average Bonchev–Trinajstić information content (AvgIpc) is 2.45. The van der Waals surface area contributed by atoms with Crippen LogP contribution < -0.4 is 10.1 Å². The van der Waals surface area contributed by atoms with Crippen LogP contribution in [-0.4, -0.2) is 19.2 Å². The highest BCUT2D eigenvalue weighted by atomic mass is 35.5. The number of hydrogen-bond acceptors (Lipinski definition) is 2. The molecular formula is C17H20ClNO. The van der Waals surface area contributed by atoms with Crippen molar-refractivity contribution in [1.29, 1.82) is 0 Å². The van der Waals surface area contributed by atoms with Crippen LogP contribution >= 0.6 is 11.6 Å². The smallest absolute Gasteiger partial charge is 0.127 e. The van der Waals surface area contributed by atoms with Gasteiger partial charge in [-0.1, -0.05) is 49.7 Å². The molecule has 1 N–H and O–H groups in total. The molecule has 0 radical (unpaired) electrons. The normalized spacial score (nSPS) is 24.4. The second-order valence-electron chi connectivity index (χ2n) is 6.10. The molecule has 2 unspecified atom stereocenters. The first kappa shape index (κ1) is 13.7. The molecule has 3 heteroatoms. The maximum Gasteiger partial charge on any atom is 0.127 e. The lowest BCUT2D eigenvalue weighted by Gasteiger charge is -2.51. The average molecular weight is 290 g/mol. The van der Waals surface area contributed by atoms with Gasteiger partial charge in [0.05, 0.1) is 0 Å². The third-order valence-electron chi connectivity index (χ3n) is 4.63. The van der Waals surface area contributed by atoms with Crippen LogP contribution in [0.2, 0.25) is 5.02 Å². The van der Waals surface area contributed by atoms with Gasteiger partial charge in [-0.05, 0) is 19.2 Å². The molecule has 2 aromatic carbocycles. The van der Waals surface area contributed by atoms with E-state index in [4.69, 9.17) is 16.3 Å². The second-order valence-corrected chi connectivity index (χ2v) is 6.50. The molecule has 1 aliphatic carbocycles. The fourth-order valence-electron chi connectivity index (χ4n) is 3.07. The summed E-state index contributed by atoms with van der Waals surface area (Å²) in [7, 11) is 2.01. The molecule has 20 heavy (non-hydrogen) atoms. The van der Waals surface area contributed by atoms with E-state index in [1.165, 1.54) is 0 Å². The standard InChI is InChI=1S/C17H20ClNO/c1-17(2)15(19-3)10-16(17)20-14-9-8-13(18)11-6-4-5-7-12(11)14/h4-9,15-16,19H,10H2,1-3H3. The third-order valence-corrected chi connectivity index (χ3v) is 4.96. The number of ether oxygens (including phenoxy) is 1. The van der Waals surface area contributed by atoms with E-state index in [0.717, 1.165) is 28.0 Å². The molecule has 2 aromatic rings. The van der Waals surface area contributed by atoms with Crippen LogP contribution in [0.3, 0.4) is 0 Å². The summed E-state index contributed by atoms with van der Waals surface area (Å²) in [6.07, 6.45) is 1.28. The lowest BCUT2D eigenvalue weighted by Crippen LogP contribution is -2.61. The van der Waals surface area contributed by atoms with Gasteiger partial charge in [-0.25, -0.2) is 0 Å². The molecule has 0 heterocycles. The van der Waals surface area contributed by atoms with Gasteiger partial charge in [-0.3, -0.25) is 0 Å². The highest BCUT2D eigenvalue weighted by Gasteiger charge is 2.49. The molecule has 3 rings (SSSR count). The van der Waals surface area contributed by atoms with Crippen LogP contribution in [0.1, 0.15) is 20.3 Å². The van der Waals surface area contributed by atoms with Gasteiger partial charge in [-0.15, -0.1) is 0 Å². The summed E-state index contributed by atoms with van der Waals surface area (Å²) in [5.41, 5.74) is 0.148. The Kier molecular flexibility index (Phi) is 3.39. The van der Waals surface area contributed by atoms with Gasteiger partial charge in [0.15, 0.2) is 0 Å². The van der Waals surface area contributed by atoms with Crippen molar-refractivity contribution in [2.24, 2.45) is 5.41 Å². The number of nitrogens with one attached hydrogen (secondary N) is 1. The van der Waals surface area contributed by atoms with Gasteiger partial charge in [0.1, 0.15) is 11.9 Å². The van der Waals surface area contributed by atoms with Crippen molar-refractivity contribution in [2.75, 3.05) is 7.05 Å². The van der Waals surface area contributed by atoms with Gasteiger partial charge in [0.25, 0.3) is 0 Å². The Balaban J connectivity index is 1.91. The largest absolute Gasteiger partial charge is 0.489 e. The summed E-state index contributed by atoms with van der Waals surface area (Å²) >= 11 is 6.25. The summed E-state index contributed by atoms with van der Waals surface area (Å²) in [5.74, 6) is 0.928. The number of rotatable bonds is 3. The van der Waals surface area contributed by atoms with E-state index in [1.807, 2.05) is 37.4 Å². The summed E-state index contributed by atoms with van der Waals surface area (Å²) < 4.78 is 6.27. The van der Waals surface area contributed by atoms with Crippen molar-refractivity contribution in [2.45, 2.75) is 32.4 Å². The van der Waals surface area contributed by atoms with Crippen molar-refractivity contribution < 1.29 is 4.74 Å². The Morgan fingerprint density at radius 1 is 1.15 bits per heavy atom. The Labute approximate surface area is 125 Å². The minimum atomic E-state index is 0.148. The molecule has 0 aliphatic heterocycles. The molecule has 1 saturated carbocycles. The second kappa shape index (κ2) is 4.94. The maximum absolute atomic E-state index is 6.27. The first-order valence-corrected chi connectivity index (χ1v) is 7.43. The van der Waals surface area contributed by atoms with Crippen LogP contribution in [0.5, 0.6) is 5.75 Å². The lowest BCUT2D eigenvalue weighted by atomic mass is 9.64. The Bertz CT molecular complexity index is 638. The van der Waals surface area contributed by atoms with E-state index < -0.39 is 0 Å². The summed E-state index contributed by atoms with van der Waals surface area (Å²) in [6, 6.07) is 12.5. The molecule has 0 bridgehead atoms. The molecular weight excluding hydrogens is 270 g/mol.